The topological polar surface area (TPSA) is 118 Å². The molecule has 8 atom stereocenters. The van der Waals surface area contributed by atoms with Crippen LogP contribution in [-0.4, -0.2) is 57.0 Å². The highest BCUT2D eigenvalue weighted by molar-refractivity contribution is 5.33. The first-order chi connectivity index (χ1) is 20.3. The number of rotatable bonds is 15. The van der Waals surface area contributed by atoms with E-state index in [-0.39, 0.29) is 42.0 Å². The maximum absolute atomic E-state index is 11.0. The van der Waals surface area contributed by atoms with Crippen LogP contribution in [0.1, 0.15) is 115 Å². The molecule has 8 unspecified atom stereocenters. The lowest BCUT2D eigenvalue weighted by Gasteiger charge is -2.37. The summed E-state index contributed by atoms with van der Waals surface area (Å²) in [7, 11) is 0. The van der Waals surface area contributed by atoms with Gasteiger partial charge >= 0.3 is 0 Å². The average molecular weight is 587 g/mol. The molecule has 234 valence electrons. The lowest BCUT2D eigenvalue weighted by Crippen LogP contribution is -2.36. The lowest BCUT2D eigenvalue weighted by molar-refractivity contribution is -0.254. The van der Waals surface area contributed by atoms with Crippen LogP contribution in [0.4, 0.5) is 0 Å². The summed E-state index contributed by atoms with van der Waals surface area (Å²) >= 11 is 0. The summed E-state index contributed by atoms with van der Waals surface area (Å²) in [5.41, 5.74) is 1.49. The first-order valence-corrected chi connectivity index (χ1v) is 15.9. The molecule has 0 amide bonds. The Morgan fingerprint density at radius 2 is 1.29 bits per heavy atom. The summed E-state index contributed by atoms with van der Waals surface area (Å²) in [6.07, 6.45) is 7.69. The van der Waals surface area contributed by atoms with Crippen molar-refractivity contribution in [2.45, 2.75) is 140 Å². The van der Waals surface area contributed by atoms with Gasteiger partial charge in [0.25, 0.3) is 0 Å². The van der Waals surface area contributed by atoms with Gasteiger partial charge in [0.2, 0.25) is 0 Å². The predicted octanol–water partition coefficient (Wildman–Crippen LogP) is 6.81. The van der Waals surface area contributed by atoms with Gasteiger partial charge in [-0.1, -0.05) is 50.1 Å². The molecule has 4 N–H and O–H groups in total. The van der Waals surface area contributed by atoms with Crippen molar-refractivity contribution in [1.82, 2.24) is 0 Å². The fourth-order valence-corrected chi connectivity index (χ4v) is 5.98. The van der Waals surface area contributed by atoms with Gasteiger partial charge in [0.15, 0.2) is 12.6 Å². The Morgan fingerprint density at radius 1 is 0.714 bits per heavy atom. The number of aliphatic hydroxyl groups excluding tert-OH is 2. The van der Waals surface area contributed by atoms with E-state index in [1.54, 1.807) is 31.2 Å². The van der Waals surface area contributed by atoms with E-state index in [4.69, 9.17) is 18.9 Å². The minimum atomic E-state index is -0.641. The number of para-hydroxylation sites is 1. The predicted molar refractivity (Wildman–Crippen MR) is 160 cm³/mol. The summed E-state index contributed by atoms with van der Waals surface area (Å²) in [6, 6.07) is 14.0. The van der Waals surface area contributed by atoms with Crippen LogP contribution in [0.3, 0.4) is 0 Å². The second kappa shape index (κ2) is 16.6. The number of benzene rings is 2. The molecule has 0 saturated carbocycles. The van der Waals surface area contributed by atoms with Gasteiger partial charge in [-0.15, -0.1) is 0 Å². The standard InChI is InChI=1S/C34H50O8/c1-3-4-11-27-22-30(42-34(41-27)31-14-5-6-15-32(31)38)20-26(37)10-8-13-29-21-28(12-7-9-23(2)35)39-33(40-29)24-16-18-25(36)19-17-24/h5-6,14-19,23,26-30,33-38H,3-4,7-13,20-22H2,1-2H3. The molecular formula is C34H50O8. The van der Waals surface area contributed by atoms with Crippen LogP contribution in [0.25, 0.3) is 0 Å². The van der Waals surface area contributed by atoms with Gasteiger partial charge in [0.05, 0.1) is 36.6 Å². The number of hydrogen-bond acceptors (Lipinski definition) is 8. The van der Waals surface area contributed by atoms with E-state index in [1.165, 1.54) is 0 Å². The van der Waals surface area contributed by atoms with Crippen LogP contribution >= 0.6 is 0 Å². The number of aromatic hydroxyl groups is 2. The third kappa shape index (κ3) is 10.2. The molecule has 2 aromatic rings. The Bertz CT molecular complexity index is 1040. The quantitative estimate of drug-likeness (QED) is 0.180. The average Bonchev–Trinajstić information content (AvgIpc) is 2.96. The molecule has 8 heteroatoms. The van der Waals surface area contributed by atoms with Crippen molar-refractivity contribution < 1.29 is 39.4 Å². The molecule has 0 aromatic heterocycles. The highest BCUT2D eigenvalue weighted by Crippen LogP contribution is 2.38. The van der Waals surface area contributed by atoms with E-state index in [1.807, 2.05) is 24.3 Å². The number of unbranched alkanes of at least 4 members (excludes halogenated alkanes) is 1. The van der Waals surface area contributed by atoms with Gasteiger partial charge in [-0.3, -0.25) is 0 Å². The van der Waals surface area contributed by atoms with Crippen molar-refractivity contribution in [2.75, 3.05) is 0 Å². The van der Waals surface area contributed by atoms with Gasteiger partial charge in [-0.25, -0.2) is 0 Å². The zero-order valence-electron chi connectivity index (χ0n) is 25.1. The summed E-state index contributed by atoms with van der Waals surface area (Å²) in [5, 5.41) is 40.7. The normalized spacial score (nSPS) is 27.9. The molecule has 4 rings (SSSR count). The Balaban J connectivity index is 1.30. The summed E-state index contributed by atoms with van der Waals surface area (Å²) in [5.74, 6) is 0.356. The van der Waals surface area contributed by atoms with Gasteiger partial charge in [0, 0.05) is 24.0 Å². The molecule has 0 bridgehead atoms. The first kappa shape index (κ1) is 32.7. The van der Waals surface area contributed by atoms with E-state index in [0.717, 1.165) is 69.8 Å². The molecule has 2 aromatic carbocycles. The molecule has 0 spiro atoms. The van der Waals surface area contributed by atoms with Gasteiger partial charge in [-0.2, -0.15) is 0 Å². The van der Waals surface area contributed by atoms with Gasteiger partial charge in [0.1, 0.15) is 11.5 Å². The molecule has 2 aliphatic rings. The van der Waals surface area contributed by atoms with E-state index in [9.17, 15) is 20.4 Å². The van der Waals surface area contributed by atoms with Crippen LogP contribution in [0, 0.1) is 0 Å². The van der Waals surface area contributed by atoms with Gasteiger partial charge < -0.3 is 39.4 Å². The molecule has 0 aliphatic carbocycles. The zero-order chi connectivity index (χ0) is 29.9. The largest absolute Gasteiger partial charge is 0.508 e. The van der Waals surface area contributed by atoms with Crippen LogP contribution in [0.2, 0.25) is 0 Å². The monoisotopic (exact) mass is 586 g/mol. The van der Waals surface area contributed by atoms with Crippen LogP contribution in [0.5, 0.6) is 11.5 Å². The summed E-state index contributed by atoms with van der Waals surface area (Å²) in [4.78, 5) is 0. The molecule has 2 heterocycles. The minimum absolute atomic E-state index is 0.00973. The summed E-state index contributed by atoms with van der Waals surface area (Å²) in [6.45, 7) is 3.97. The second-order valence-corrected chi connectivity index (χ2v) is 12.1. The molecular weight excluding hydrogens is 536 g/mol. The smallest absolute Gasteiger partial charge is 0.188 e. The number of phenolic OH excluding ortho intramolecular Hbond substituents is 2. The Kier molecular flexibility index (Phi) is 12.9. The Morgan fingerprint density at radius 3 is 1.93 bits per heavy atom. The first-order valence-electron chi connectivity index (χ1n) is 15.9. The Labute approximate surface area is 250 Å². The van der Waals surface area contributed by atoms with Crippen LogP contribution < -0.4 is 0 Å². The molecule has 2 aliphatic heterocycles. The fourth-order valence-electron chi connectivity index (χ4n) is 5.98. The third-order valence-corrected chi connectivity index (χ3v) is 8.30. The molecule has 2 saturated heterocycles. The zero-order valence-corrected chi connectivity index (χ0v) is 25.1. The number of aliphatic hydroxyl groups is 2. The maximum Gasteiger partial charge on any atom is 0.188 e. The minimum Gasteiger partial charge on any atom is -0.508 e. The van der Waals surface area contributed by atoms with Crippen molar-refractivity contribution >= 4 is 0 Å². The maximum atomic E-state index is 11.0. The third-order valence-electron chi connectivity index (χ3n) is 8.30. The number of ether oxygens (including phenoxy) is 4. The highest BCUT2D eigenvalue weighted by atomic mass is 16.7. The fraction of sp³-hybridized carbons (Fsp3) is 0.647. The van der Waals surface area contributed by atoms with Crippen molar-refractivity contribution in [2.24, 2.45) is 0 Å². The van der Waals surface area contributed by atoms with Crippen LogP contribution in [0.15, 0.2) is 48.5 Å². The SMILES string of the molecule is CCCCC1CC(CC(O)CCCC2CC(CCCC(C)O)OC(c3ccc(O)cc3)O2)OC(c2ccccc2O)O1. The molecule has 8 nitrogen and oxygen atoms in total. The summed E-state index contributed by atoms with van der Waals surface area (Å²) < 4.78 is 25.1. The van der Waals surface area contributed by atoms with Crippen LogP contribution in [-0.2, 0) is 18.9 Å². The van der Waals surface area contributed by atoms with E-state index in [2.05, 4.69) is 6.92 Å². The lowest BCUT2D eigenvalue weighted by atomic mass is 9.95. The van der Waals surface area contributed by atoms with Crippen molar-refractivity contribution in [3.05, 3.63) is 59.7 Å². The second-order valence-electron chi connectivity index (χ2n) is 12.1. The van der Waals surface area contributed by atoms with Crippen molar-refractivity contribution in [3.63, 3.8) is 0 Å². The Hall–Kier alpha value is -2.20. The van der Waals surface area contributed by atoms with E-state index in [0.29, 0.717) is 18.4 Å². The molecule has 2 fully saturated rings. The van der Waals surface area contributed by atoms with E-state index < -0.39 is 18.7 Å². The van der Waals surface area contributed by atoms with Crippen molar-refractivity contribution in [1.29, 1.82) is 0 Å². The van der Waals surface area contributed by atoms with Crippen molar-refractivity contribution in [3.8, 4) is 11.5 Å². The molecule has 0 radical (unpaired) electrons. The highest BCUT2D eigenvalue weighted by Gasteiger charge is 2.34. The van der Waals surface area contributed by atoms with E-state index >= 15 is 0 Å². The molecule has 42 heavy (non-hydrogen) atoms. The number of phenols is 2. The van der Waals surface area contributed by atoms with Gasteiger partial charge in [-0.05, 0) is 76.5 Å². The number of hydrogen-bond donors (Lipinski definition) is 4.